The van der Waals surface area contributed by atoms with Crippen molar-refractivity contribution in [1.82, 2.24) is 0 Å². The number of hydrogen-bond acceptors (Lipinski definition) is 3. The fourth-order valence-electron chi connectivity index (χ4n) is 3.13. The molecular formula is C20H21IN2O3. The van der Waals surface area contributed by atoms with Crippen LogP contribution in [0.3, 0.4) is 0 Å². The minimum Gasteiger partial charge on any atom is -0.495 e. The zero-order valence-corrected chi connectivity index (χ0v) is 17.2. The lowest BCUT2D eigenvalue weighted by Gasteiger charge is -2.20. The van der Waals surface area contributed by atoms with E-state index >= 15 is 0 Å². The number of rotatable bonds is 4. The van der Waals surface area contributed by atoms with E-state index in [1.165, 1.54) is 0 Å². The van der Waals surface area contributed by atoms with Gasteiger partial charge in [0.2, 0.25) is 11.8 Å². The molecule has 0 bridgehead atoms. The van der Waals surface area contributed by atoms with Gasteiger partial charge in [0.05, 0.1) is 18.7 Å². The van der Waals surface area contributed by atoms with Gasteiger partial charge in [0, 0.05) is 22.2 Å². The van der Waals surface area contributed by atoms with Crippen molar-refractivity contribution in [2.24, 2.45) is 5.92 Å². The summed E-state index contributed by atoms with van der Waals surface area (Å²) in [6, 6.07) is 11.6. The van der Waals surface area contributed by atoms with E-state index in [4.69, 9.17) is 4.74 Å². The first-order valence-electron chi connectivity index (χ1n) is 8.41. The van der Waals surface area contributed by atoms with Crippen LogP contribution < -0.4 is 15.0 Å². The first-order valence-corrected chi connectivity index (χ1v) is 9.49. The molecule has 1 saturated heterocycles. The number of amides is 2. The lowest BCUT2D eigenvalue weighted by Crippen LogP contribution is -2.28. The number of methoxy groups -OCH3 is 1. The molecule has 1 fully saturated rings. The monoisotopic (exact) mass is 464 g/mol. The van der Waals surface area contributed by atoms with Gasteiger partial charge in [-0.1, -0.05) is 6.07 Å². The third kappa shape index (κ3) is 3.85. The summed E-state index contributed by atoms with van der Waals surface area (Å²) in [5.74, 6) is 0.0649. The SMILES string of the molecule is COc1ccc(C)cc1N1CC(C(=O)Nc2ccc(I)cc2C)CC1=O. The van der Waals surface area contributed by atoms with Crippen molar-refractivity contribution >= 4 is 45.8 Å². The second-order valence-electron chi connectivity index (χ2n) is 6.53. The zero-order chi connectivity index (χ0) is 18.8. The quantitative estimate of drug-likeness (QED) is 0.699. The van der Waals surface area contributed by atoms with Crippen molar-refractivity contribution in [3.63, 3.8) is 0 Å². The smallest absolute Gasteiger partial charge is 0.229 e. The molecule has 2 aromatic rings. The Morgan fingerprint density at radius 2 is 2.00 bits per heavy atom. The Hall–Kier alpha value is -2.09. The van der Waals surface area contributed by atoms with Crippen molar-refractivity contribution in [1.29, 1.82) is 0 Å². The number of hydrogen-bond donors (Lipinski definition) is 1. The van der Waals surface area contributed by atoms with Crippen LogP contribution in [0.5, 0.6) is 5.75 Å². The second kappa shape index (κ2) is 7.65. The lowest BCUT2D eigenvalue weighted by atomic mass is 10.1. The standard InChI is InChI=1S/C20H21IN2O3/c1-12-4-7-18(26-3)17(8-12)23-11-14(10-19(23)24)20(25)22-16-6-5-15(21)9-13(16)2/h4-9,14H,10-11H2,1-3H3,(H,22,25). The van der Waals surface area contributed by atoms with Gasteiger partial charge < -0.3 is 15.0 Å². The predicted octanol–water partition coefficient (Wildman–Crippen LogP) is 3.91. The van der Waals surface area contributed by atoms with E-state index < -0.39 is 0 Å². The molecule has 1 heterocycles. The topological polar surface area (TPSA) is 58.6 Å². The summed E-state index contributed by atoms with van der Waals surface area (Å²) in [7, 11) is 1.58. The molecule has 1 atom stereocenters. The lowest BCUT2D eigenvalue weighted by molar-refractivity contribution is -0.122. The molecule has 3 rings (SSSR count). The first-order chi connectivity index (χ1) is 12.4. The number of nitrogens with one attached hydrogen (secondary N) is 1. The van der Waals surface area contributed by atoms with E-state index in [0.717, 1.165) is 26.1 Å². The Labute approximate surface area is 166 Å². The maximum atomic E-state index is 12.7. The number of carbonyl (C=O) groups is 2. The van der Waals surface area contributed by atoms with Gasteiger partial charge in [-0.15, -0.1) is 0 Å². The molecule has 6 heteroatoms. The van der Waals surface area contributed by atoms with Gasteiger partial charge in [0.15, 0.2) is 0 Å². The highest BCUT2D eigenvalue weighted by atomic mass is 127. The van der Waals surface area contributed by atoms with E-state index in [0.29, 0.717) is 12.3 Å². The van der Waals surface area contributed by atoms with Crippen LogP contribution in [-0.4, -0.2) is 25.5 Å². The molecular weight excluding hydrogens is 443 g/mol. The molecule has 1 aliphatic heterocycles. The molecule has 1 N–H and O–H groups in total. The van der Waals surface area contributed by atoms with E-state index in [1.54, 1.807) is 12.0 Å². The third-order valence-electron chi connectivity index (χ3n) is 4.57. The molecule has 0 spiro atoms. The van der Waals surface area contributed by atoms with Crippen molar-refractivity contribution in [2.45, 2.75) is 20.3 Å². The highest BCUT2D eigenvalue weighted by Gasteiger charge is 2.36. The van der Waals surface area contributed by atoms with Gasteiger partial charge in [0.1, 0.15) is 5.75 Å². The number of aryl methyl sites for hydroxylation is 2. The van der Waals surface area contributed by atoms with Gasteiger partial charge in [-0.05, 0) is 77.9 Å². The molecule has 2 aromatic carbocycles. The zero-order valence-electron chi connectivity index (χ0n) is 15.0. The molecule has 0 radical (unpaired) electrons. The summed E-state index contributed by atoms with van der Waals surface area (Å²) in [6.07, 6.45) is 0.201. The summed E-state index contributed by atoms with van der Waals surface area (Å²) >= 11 is 2.24. The number of halogens is 1. The van der Waals surface area contributed by atoms with Crippen LogP contribution >= 0.6 is 22.6 Å². The van der Waals surface area contributed by atoms with Crippen molar-refractivity contribution < 1.29 is 14.3 Å². The molecule has 5 nitrogen and oxygen atoms in total. The first kappa shape index (κ1) is 18.7. The van der Waals surface area contributed by atoms with Crippen LogP contribution in [0.25, 0.3) is 0 Å². The van der Waals surface area contributed by atoms with Gasteiger partial charge >= 0.3 is 0 Å². The van der Waals surface area contributed by atoms with Crippen LogP contribution in [0, 0.1) is 23.3 Å². The maximum Gasteiger partial charge on any atom is 0.229 e. The Morgan fingerprint density at radius 3 is 2.69 bits per heavy atom. The molecule has 0 saturated carbocycles. The van der Waals surface area contributed by atoms with E-state index in [1.807, 2.05) is 50.2 Å². The molecule has 1 unspecified atom stereocenters. The van der Waals surface area contributed by atoms with Crippen LogP contribution in [0.1, 0.15) is 17.5 Å². The molecule has 136 valence electrons. The summed E-state index contributed by atoms with van der Waals surface area (Å²) in [6.45, 7) is 4.28. The average Bonchev–Trinajstić information content (AvgIpc) is 2.99. The molecule has 0 aliphatic carbocycles. The summed E-state index contributed by atoms with van der Waals surface area (Å²) in [4.78, 5) is 26.8. The third-order valence-corrected chi connectivity index (χ3v) is 5.24. The second-order valence-corrected chi connectivity index (χ2v) is 7.77. The van der Waals surface area contributed by atoms with Crippen molar-refractivity contribution in [2.75, 3.05) is 23.9 Å². The largest absolute Gasteiger partial charge is 0.495 e. The van der Waals surface area contributed by atoms with E-state index in [2.05, 4.69) is 27.9 Å². The average molecular weight is 464 g/mol. The fourth-order valence-corrected chi connectivity index (χ4v) is 3.78. The minimum absolute atomic E-state index is 0.0617. The number of benzene rings is 2. The van der Waals surface area contributed by atoms with Crippen molar-refractivity contribution in [3.05, 3.63) is 51.1 Å². The van der Waals surface area contributed by atoms with Crippen LogP contribution in [-0.2, 0) is 9.59 Å². The van der Waals surface area contributed by atoms with Crippen molar-refractivity contribution in [3.8, 4) is 5.75 Å². The number of anilines is 2. The predicted molar refractivity (Wildman–Crippen MR) is 111 cm³/mol. The maximum absolute atomic E-state index is 12.7. The Kier molecular flexibility index (Phi) is 5.50. The molecule has 1 aliphatic rings. The highest BCUT2D eigenvalue weighted by Crippen LogP contribution is 2.34. The molecule has 0 aromatic heterocycles. The molecule has 2 amide bonds. The fraction of sp³-hybridized carbons (Fsp3) is 0.300. The Bertz CT molecular complexity index is 866. The molecule has 26 heavy (non-hydrogen) atoms. The normalized spacial score (nSPS) is 16.7. The van der Waals surface area contributed by atoms with Gasteiger partial charge in [-0.2, -0.15) is 0 Å². The minimum atomic E-state index is -0.383. The van der Waals surface area contributed by atoms with Gasteiger partial charge in [-0.25, -0.2) is 0 Å². The number of nitrogens with zero attached hydrogens (tertiary/aromatic N) is 1. The van der Waals surface area contributed by atoms with Gasteiger partial charge in [0.25, 0.3) is 0 Å². The number of carbonyl (C=O) groups excluding carboxylic acids is 2. The summed E-state index contributed by atoms with van der Waals surface area (Å²) in [5.41, 5.74) is 3.55. The van der Waals surface area contributed by atoms with Crippen LogP contribution in [0.2, 0.25) is 0 Å². The van der Waals surface area contributed by atoms with E-state index in [9.17, 15) is 9.59 Å². The van der Waals surface area contributed by atoms with Gasteiger partial charge in [-0.3, -0.25) is 9.59 Å². The van der Waals surface area contributed by atoms with Crippen LogP contribution in [0.4, 0.5) is 11.4 Å². The van der Waals surface area contributed by atoms with Crippen LogP contribution in [0.15, 0.2) is 36.4 Å². The van der Waals surface area contributed by atoms with E-state index in [-0.39, 0.29) is 24.2 Å². The number of ether oxygens (including phenoxy) is 1. The summed E-state index contributed by atoms with van der Waals surface area (Å²) < 4.78 is 6.50. The Balaban J connectivity index is 1.77. The highest BCUT2D eigenvalue weighted by molar-refractivity contribution is 14.1. The Morgan fingerprint density at radius 1 is 1.23 bits per heavy atom. The summed E-state index contributed by atoms with van der Waals surface area (Å²) in [5, 5.41) is 2.96.